The zero-order chi connectivity index (χ0) is 18.9. The van der Waals surface area contributed by atoms with Crippen LogP contribution in [-0.4, -0.2) is 30.0 Å². The minimum Gasteiger partial charge on any atom is -0.345 e. The fraction of sp³-hybridized carbons (Fsp3) is 0.263. The monoisotopic (exact) mass is 371 g/mol. The first-order valence-electron chi connectivity index (χ1n) is 8.34. The predicted octanol–water partition coefficient (Wildman–Crippen LogP) is 2.93. The molecule has 26 heavy (non-hydrogen) atoms. The van der Waals surface area contributed by atoms with Gasteiger partial charge in [-0.1, -0.05) is 19.1 Å². The van der Waals surface area contributed by atoms with Gasteiger partial charge in [0.15, 0.2) is 9.84 Å². The smallest absolute Gasteiger partial charge is 0.253 e. The number of imidazole rings is 1. The lowest BCUT2D eigenvalue weighted by molar-refractivity contribution is 0.0935. The van der Waals surface area contributed by atoms with Crippen LogP contribution in [0.2, 0.25) is 0 Å². The van der Waals surface area contributed by atoms with Gasteiger partial charge < -0.3 is 9.72 Å². The van der Waals surface area contributed by atoms with Crippen molar-refractivity contribution in [1.29, 1.82) is 0 Å². The fourth-order valence-electron chi connectivity index (χ4n) is 2.86. The van der Waals surface area contributed by atoms with Crippen molar-refractivity contribution in [3.63, 3.8) is 0 Å². The Bertz CT molecular complexity index is 1050. The average Bonchev–Trinajstić information content (AvgIpc) is 2.98. The Hall–Kier alpha value is -2.67. The molecule has 136 valence electrons. The normalized spacial score (nSPS) is 12.9. The van der Waals surface area contributed by atoms with Gasteiger partial charge in [0.05, 0.1) is 22.2 Å². The predicted molar refractivity (Wildman–Crippen MR) is 100.0 cm³/mol. The van der Waals surface area contributed by atoms with Crippen molar-refractivity contribution < 1.29 is 13.2 Å². The van der Waals surface area contributed by atoms with Crippen molar-refractivity contribution >= 4 is 21.4 Å². The van der Waals surface area contributed by atoms with Crippen LogP contribution < -0.4 is 5.32 Å². The van der Waals surface area contributed by atoms with Gasteiger partial charge in [-0.3, -0.25) is 4.79 Å². The number of pyridine rings is 1. The van der Waals surface area contributed by atoms with Crippen LogP contribution in [0.4, 0.5) is 0 Å². The first-order valence-corrected chi connectivity index (χ1v) is 10.2. The van der Waals surface area contributed by atoms with Crippen LogP contribution >= 0.6 is 0 Å². The topological polar surface area (TPSA) is 80.5 Å². The second-order valence-corrected chi connectivity index (χ2v) is 8.36. The second-order valence-electron chi connectivity index (χ2n) is 6.34. The van der Waals surface area contributed by atoms with Gasteiger partial charge in [-0.2, -0.15) is 0 Å². The van der Waals surface area contributed by atoms with E-state index >= 15 is 0 Å². The van der Waals surface area contributed by atoms with E-state index in [0.29, 0.717) is 12.0 Å². The molecule has 2 aromatic heterocycles. The molecule has 1 amide bonds. The summed E-state index contributed by atoms with van der Waals surface area (Å²) in [5.41, 5.74) is 3.09. The molecule has 0 aliphatic carbocycles. The molecule has 0 bridgehead atoms. The molecule has 0 saturated carbocycles. The van der Waals surface area contributed by atoms with E-state index in [1.807, 2.05) is 30.5 Å². The third-order valence-electron chi connectivity index (χ3n) is 4.26. The first-order chi connectivity index (χ1) is 12.3. The maximum Gasteiger partial charge on any atom is 0.253 e. The summed E-state index contributed by atoms with van der Waals surface area (Å²) in [4.78, 5) is 17.2. The molecule has 2 heterocycles. The van der Waals surface area contributed by atoms with Crippen molar-refractivity contribution in [2.45, 2.75) is 31.2 Å². The number of aromatic nitrogens is 2. The van der Waals surface area contributed by atoms with Gasteiger partial charge >= 0.3 is 0 Å². The lowest BCUT2D eigenvalue weighted by Gasteiger charge is -2.18. The van der Waals surface area contributed by atoms with Crippen LogP contribution in [0.25, 0.3) is 5.65 Å². The molecule has 0 aliphatic rings. The van der Waals surface area contributed by atoms with Crippen LogP contribution in [-0.2, 0) is 9.84 Å². The summed E-state index contributed by atoms with van der Waals surface area (Å²) in [6.07, 6.45) is 5.49. The molecular weight excluding hydrogens is 350 g/mol. The van der Waals surface area contributed by atoms with Crippen LogP contribution in [0.15, 0.2) is 53.7 Å². The van der Waals surface area contributed by atoms with Gasteiger partial charge in [-0.15, -0.1) is 0 Å². The number of fused-ring (bicyclic) bond motifs is 1. The quantitative estimate of drug-likeness (QED) is 0.748. The van der Waals surface area contributed by atoms with Crippen molar-refractivity contribution in [1.82, 2.24) is 14.7 Å². The Labute approximate surface area is 152 Å². The Morgan fingerprint density at radius 1 is 1.15 bits per heavy atom. The van der Waals surface area contributed by atoms with E-state index in [4.69, 9.17) is 0 Å². The van der Waals surface area contributed by atoms with Crippen molar-refractivity contribution in [3.8, 4) is 0 Å². The van der Waals surface area contributed by atoms with Gasteiger partial charge in [0.25, 0.3) is 5.91 Å². The van der Waals surface area contributed by atoms with Crippen molar-refractivity contribution in [2.24, 2.45) is 0 Å². The highest BCUT2D eigenvalue weighted by Crippen LogP contribution is 2.20. The minimum atomic E-state index is -3.23. The Morgan fingerprint density at radius 3 is 2.46 bits per heavy atom. The average molecular weight is 371 g/mol. The maximum absolute atomic E-state index is 12.6. The lowest BCUT2D eigenvalue weighted by atomic mass is 10.0. The summed E-state index contributed by atoms with van der Waals surface area (Å²) in [6.45, 7) is 3.87. The number of carbonyl (C=O) groups is 1. The molecule has 1 aromatic carbocycles. The molecule has 1 atom stereocenters. The van der Waals surface area contributed by atoms with E-state index in [0.717, 1.165) is 16.9 Å². The summed E-state index contributed by atoms with van der Waals surface area (Å²) in [7, 11) is -3.23. The number of benzene rings is 1. The molecule has 0 spiro atoms. The Morgan fingerprint density at radius 2 is 1.85 bits per heavy atom. The number of rotatable bonds is 5. The number of aryl methyl sites for hydroxylation is 1. The van der Waals surface area contributed by atoms with Gasteiger partial charge in [-0.05, 0) is 43.2 Å². The van der Waals surface area contributed by atoms with Crippen LogP contribution in [0, 0.1) is 6.92 Å². The zero-order valence-corrected chi connectivity index (χ0v) is 15.7. The number of hydrogen-bond acceptors (Lipinski definition) is 4. The highest BCUT2D eigenvalue weighted by Gasteiger charge is 2.16. The molecule has 0 unspecified atom stereocenters. The molecule has 0 saturated heterocycles. The summed E-state index contributed by atoms with van der Waals surface area (Å²) in [6, 6.07) is 9.98. The summed E-state index contributed by atoms with van der Waals surface area (Å²) in [5, 5.41) is 3.01. The first kappa shape index (κ1) is 18.1. The lowest BCUT2D eigenvalue weighted by Crippen LogP contribution is -2.28. The fourth-order valence-corrected chi connectivity index (χ4v) is 3.49. The summed E-state index contributed by atoms with van der Waals surface area (Å²) in [5.74, 6) is -0.183. The van der Waals surface area contributed by atoms with E-state index in [2.05, 4.69) is 10.3 Å². The largest absolute Gasteiger partial charge is 0.345 e. The number of nitrogens with zero attached hydrogens (tertiary/aromatic N) is 2. The van der Waals surface area contributed by atoms with E-state index in [9.17, 15) is 13.2 Å². The number of carbonyl (C=O) groups excluding carboxylic acids is 1. The van der Waals surface area contributed by atoms with Crippen molar-refractivity contribution in [2.75, 3.05) is 6.26 Å². The number of amides is 1. The molecule has 0 radical (unpaired) electrons. The van der Waals surface area contributed by atoms with Gasteiger partial charge in [-0.25, -0.2) is 13.4 Å². The van der Waals surface area contributed by atoms with Gasteiger partial charge in [0, 0.05) is 18.6 Å². The molecule has 0 aliphatic heterocycles. The zero-order valence-electron chi connectivity index (χ0n) is 14.9. The maximum atomic E-state index is 12.6. The third-order valence-corrected chi connectivity index (χ3v) is 5.39. The third kappa shape index (κ3) is 3.77. The van der Waals surface area contributed by atoms with Crippen LogP contribution in [0.1, 0.15) is 41.0 Å². The van der Waals surface area contributed by atoms with Gasteiger partial charge in [0.2, 0.25) is 0 Å². The highest BCUT2D eigenvalue weighted by atomic mass is 32.2. The minimum absolute atomic E-state index is 0.183. The van der Waals surface area contributed by atoms with E-state index in [-0.39, 0.29) is 16.8 Å². The standard InChI is InChI=1S/C19H21N3O3S/c1-4-17(14-5-8-16(9-6-14)26(3,24)25)21-19(23)15-7-10-18-20-13(2)11-22(18)12-15/h5-12,17H,4H2,1-3H3,(H,21,23)/t17-/m1/s1. The SMILES string of the molecule is CC[C@@H](NC(=O)c1ccc2nc(C)cn2c1)c1ccc(S(C)(=O)=O)cc1. The van der Waals surface area contributed by atoms with Crippen LogP contribution in [0.3, 0.4) is 0 Å². The molecule has 7 heteroatoms. The number of nitrogens with one attached hydrogen (secondary N) is 1. The summed E-state index contributed by atoms with van der Waals surface area (Å²) < 4.78 is 25.0. The van der Waals surface area contributed by atoms with Crippen molar-refractivity contribution in [3.05, 3.63) is 65.6 Å². The highest BCUT2D eigenvalue weighted by molar-refractivity contribution is 7.90. The molecule has 6 nitrogen and oxygen atoms in total. The van der Waals surface area contributed by atoms with E-state index in [1.54, 1.807) is 36.5 Å². The molecule has 0 fully saturated rings. The number of sulfone groups is 1. The Balaban J connectivity index is 1.81. The van der Waals surface area contributed by atoms with Gasteiger partial charge in [0.1, 0.15) is 5.65 Å². The Kier molecular flexibility index (Phi) is 4.82. The molecule has 3 rings (SSSR count). The van der Waals surface area contributed by atoms with Crippen LogP contribution in [0.5, 0.6) is 0 Å². The van der Waals surface area contributed by atoms with E-state index < -0.39 is 9.84 Å². The second kappa shape index (κ2) is 6.92. The molecule has 3 aromatic rings. The summed E-state index contributed by atoms with van der Waals surface area (Å²) >= 11 is 0. The van der Waals surface area contributed by atoms with E-state index in [1.165, 1.54) is 6.26 Å². The number of hydrogen-bond donors (Lipinski definition) is 1. The molecular formula is C19H21N3O3S. The molecule has 1 N–H and O–H groups in total.